The van der Waals surface area contributed by atoms with E-state index in [-0.39, 0.29) is 48.1 Å². The Morgan fingerprint density at radius 3 is 2.42 bits per heavy atom. The Bertz CT molecular complexity index is 1070. The Hall–Kier alpha value is -1.30. The van der Waals surface area contributed by atoms with Crippen LogP contribution in [0.25, 0.3) is 0 Å². The van der Waals surface area contributed by atoms with Gasteiger partial charge in [0.2, 0.25) is 0 Å². The zero-order valence-electron chi connectivity index (χ0n) is 23.2. The van der Waals surface area contributed by atoms with Crippen molar-refractivity contribution < 1.29 is 43.1 Å². The average molecular weight is 536 g/mol. The number of hydrogen-bond acceptors (Lipinski definition) is 10. The van der Waals surface area contributed by atoms with E-state index in [1.54, 1.807) is 14.2 Å². The molecule has 1 N–H and O–H groups in total. The summed E-state index contributed by atoms with van der Waals surface area (Å²) >= 11 is 0. The van der Waals surface area contributed by atoms with E-state index in [0.717, 1.165) is 25.9 Å². The van der Waals surface area contributed by atoms with Crippen molar-refractivity contribution in [1.29, 1.82) is 0 Å². The molecule has 5 saturated carbocycles. The van der Waals surface area contributed by atoms with Crippen molar-refractivity contribution in [3.05, 3.63) is 0 Å². The van der Waals surface area contributed by atoms with Gasteiger partial charge in [0.15, 0.2) is 5.60 Å². The first-order valence-corrected chi connectivity index (χ1v) is 14.2. The summed E-state index contributed by atoms with van der Waals surface area (Å²) in [6, 6.07) is -0.316. The molecule has 7 aliphatic rings. The lowest BCUT2D eigenvalue weighted by atomic mass is 9.41. The van der Waals surface area contributed by atoms with Gasteiger partial charge in [0.25, 0.3) is 0 Å². The van der Waals surface area contributed by atoms with Crippen LogP contribution in [0.15, 0.2) is 0 Å². The quantitative estimate of drug-likeness (QED) is 0.517. The van der Waals surface area contributed by atoms with Crippen molar-refractivity contribution in [1.82, 2.24) is 4.90 Å². The van der Waals surface area contributed by atoms with Crippen LogP contribution in [0.5, 0.6) is 0 Å². The van der Waals surface area contributed by atoms with Gasteiger partial charge in [-0.2, -0.15) is 0 Å². The van der Waals surface area contributed by atoms with Gasteiger partial charge < -0.3 is 33.5 Å². The molecule has 10 nitrogen and oxygen atoms in total. The summed E-state index contributed by atoms with van der Waals surface area (Å²) in [5, 5.41) is 13.5. The molecule has 7 rings (SSSR count). The predicted octanol–water partition coefficient (Wildman–Crippen LogP) is 1.27. The molecular formula is C28H41NO9. The van der Waals surface area contributed by atoms with Crippen LogP contribution in [-0.4, -0.2) is 103 Å². The van der Waals surface area contributed by atoms with Crippen molar-refractivity contribution in [3.63, 3.8) is 0 Å². The topological polar surface area (TPSA) is 113 Å². The maximum atomic E-state index is 13.5. The number of methoxy groups -OCH3 is 2. The fourth-order valence-corrected chi connectivity index (χ4v) is 11.8. The van der Waals surface area contributed by atoms with Gasteiger partial charge in [-0.05, 0) is 31.2 Å². The lowest BCUT2D eigenvalue weighted by Gasteiger charge is -2.71. The summed E-state index contributed by atoms with van der Waals surface area (Å²) < 4.78 is 38.4. The van der Waals surface area contributed by atoms with Crippen molar-refractivity contribution in [2.75, 3.05) is 34.1 Å². The predicted molar refractivity (Wildman–Crippen MR) is 131 cm³/mol. The standard InChI is InChI=1S/C28H41NO9/c1-7-29-12-24(4)9-8-18(33-5)27-21(24)22(38-15(3)31)28(23(27)29)26(35-13-36-28)11-17(37-14(2)30)16-10-25(27,32)20(26)19(16)34-6/h16-23,32H,7-13H2,1-6H3/t16-,17+,18+,19+,20?,21?,22+,23?,24+,25+,26+,27-,28+/m1/s1. The zero-order valence-corrected chi connectivity index (χ0v) is 23.2. The minimum absolute atomic E-state index is 0.00343. The summed E-state index contributed by atoms with van der Waals surface area (Å²) in [6.45, 7) is 8.82. The summed E-state index contributed by atoms with van der Waals surface area (Å²) in [4.78, 5) is 27.6. The first kappa shape index (κ1) is 25.7. The van der Waals surface area contributed by atoms with E-state index in [1.807, 2.05) is 0 Å². The van der Waals surface area contributed by atoms with Crippen LogP contribution in [0, 0.1) is 28.6 Å². The Morgan fingerprint density at radius 2 is 1.79 bits per heavy atom. The van der Waals surface area contributed by atoms with Crippen LogP contribution in [-0.2, 0) is 38.0 Å². The first-order chi connectivity index (χ1) is 18.0. The maximum Gasteiger partial charge on any atom is 0.303 e. The zero-order chi connectivity index (χ0) is 27.0. The second-order valence-electron chi connectivity index (χ2n) is 13.2. The van der Waals surface area contributed by atoms with Gasteiger partial charge in [0.1, 0.15) is 24.6 Å². The number of likely N-dealkylation sites (tertiary alicyclic amines) is 1. The Kier molecular flexibility index (Phi) is 5.20. The van der Waals surface area contributed by atoms with Crippen molar-refractivity contribution in [2.45, 2.75) is 101 Å². The van der Waals surface area contributed by atoms with E-state index < -0.39 is 46.4 Å². The molecule has 0 aromatic carbocycles. The molecule has 0 amide bonds. The van der Waals surface area contributed by atoms with Gasteiger partial charge >= 0.3 is 11.9 Å². The van der Waals surface area contributed by atoms with Crippen molar-refractivity contribution in [2.24, 2.45) is 28.6 Å². The number of carbonyl (C=O) groups is 2. The number of fused-ring (bicyclic) bond motifs is 1. The fraction of sp³-hybridized carbons (Fsp3) is 0.929. The number of esters is 2. The normalized spacial score (nSPS) is 57.4. The molecular weight excluding hydrogens is 494 g/mol. The van der Waals surface area contributed by atoms with E-state index in [2.05, 4.69) is 18.7 Å². The minimum Gasteiger partial charge on any atom is -0.462 e. The number of piperidine rings is 1. The van der Waals surface area contributed by atoms with Crippen LogP contribution < -0.4 is 0 Å². The highest BCUT2D eigenvalue weighted by Gasteiger charge is 2.97. The average Bonchev–Trinajstić information content (AvgIpc) is 3.41. The van der Waals surface area contributed by atoms with Crippen LogP contribution in [0.1, 0.15) is 53.4 Å². The number of nitrogens with zero attached hydrogens (tertiary/aromatic N) is 1. The Balaban J connectivity index is 1.59. The largest absolute Gasteiger partial charge is 0.462 e. The monoisotopic (exact) mass is 535 g/mol. The first-order valence-electron chi connectivity index (χ1n) is 14.2. The molecule has 212 valence electrons. The fourth-order valence-electron chi connectivity index (χ4n) is 11.8. The SMILES string of the molecule is CCN1C[C@]2(C)CC[C@H](OC)[C@]34C2[C@H](OC(C)=O)[C@]2(OCO[C@]25C[C@H](OC(C)=O)[C@H]2C[C@]3(O)C5[C@H]2OC)C14. The van der Waals surface area contributed by atoms with Gasteiger partial charge in [-0.1, -0.05) is 13.8 Å². The van der Waals surface area contributed by atoms with Crippen molar-refractivity contribution >= 4 is 11.9 Å². The summed E-state index contributed by atoms with van der Waals surface area (Å²) in [5.41, 5.74) is -4.51. The lowest BCUT2D eigenvalue weighted by Crippen LogP contribution is -2.85. The van der Waals surface area contributed by atoms with Crippen molar-refractivity contribution in [3.8, 4) is 0 Å². The number of rotatable bonds is 5. The Labute approximate surface area is 223 Å². The molecule has 3 spiro atoms. The van der Waals surface area contributed by atoms with Gasteiger partial charge in [-0.15, -0.1) is 0 Å². The third kappa shape index (κ3) is 2.42. The van der Waals surface area contributed by atoms with Crippen LogP contribution in [0.2, 0.25) is 0 Å². The van der Waals surface area contributed by atoms with Crippen LogP contribution >= 0.6 is 0 Å². The number of carbonyl (C=O) groups excluding carboxylic acids is 2. The number of likely N-dealkylation sites (N-methyl/N-ethyl adjacent to an activating group) is 1. The number of hydrogen-bond donors (Lipinski definition) is 1. The van der Waals surface area contributed by atoms with Gasteiger partial charge in [-0.25, -0.2) is 0 Å². The van der Waals surface area contributed by atoms with Crippen LogP contribution in [0.3, 0.4) is 0 Å². The third-order valence-corrected chi connectivity index (χ3v) is 12.2. The van der Waals surface area contributed by atoms with E-state index >= 15 is 0 Å². The highest BCUT2D eigenvalue weighted by Crippen LogP contribution is 2.83. The van der Waals surface area contributed by atoms with Gasteiger partial charge in [0, 0.05) is 58.8 Å². The molecule has 2 saturated heterocycles. The summed E-state index contributed by atoms with van der Waals surface area (Å²) in [7, 11) is 3.39. The molecule has 5 aliphatic carbocycles. The molecule has 2 heterocycles. The van der Waals surface area contributed by atoms with E-state index in [0.29, 0.717) is 12.8 Å². The molecule has 13 atom stereocenters. The molecule has 10 heteroatoms. The van der Waals surface area contributed by atoms with Crippen LogP contribution in [0.4, 0.5) is 0 Å². The van der Waals surface area contributed by atoms with Gasteiger partial charge in [-0.3, -0.25) is 14.5 Å². The molecule has 7 bridgehead atoms. The summed E-state index contributed by atoms with van der Waals surface area (Å²) in [6.07, 6.45) is 0.531. The molecule has 0 radical (unpaired) electrons. The second-order valence-corrected chi connectivity index (χ2v) is 13.2. The molecule has 0 aromatic heterocycles. The van der Waals surface area contributed by atoms with E-state index in [9.17, 15) is 14.7 Å². The molecule has 2 aliphatic heterocycles. The highest BCUT2D eigenvalue weighted by molar-refractivity contribution is 5.67. The molecule has 38 heavy (non-hydrogen) atoms. The summed E-state index contributed by atoms with van der Waals surface area (Å²) in [5.74, 6) is -1.63. The molecule has 3 unspecified atom stereocenters. The maximum absolute atomic E-state index is 13.5. The highest BCUT2D eigenvalue weighted by atomic mass is 16.7. The second kappa shape index (κ2) is 7.70. The molecule has 0 aromatic rings. The van der Waals surface area contributed by atoms with E-state index in [4.69, 9.17) is 28.4 Å². The smallest absolute Gasteiger partial charge is 0.303 e. The lowest BCUT2D eigenvalue weighted by molar-refractivity contribution is -0.332. The Morgan fingerprint density at radius 1 is 1.05 bits per heavy atom. The number of aliphatic hydroxyl groups is 1. The third-order valence-electron chi connectivity index (χ3n) is 12.2. The molecule has 7 fully saturated rings. The number of ether oxygens (including phenoxy) is 6. The minimum atomic E-state index is -1.29. The van der Waals surface area contributed by atoms with E-state index in [1.165, 1.54) is 13.8 Å². The van der Waals surface area contributed by atoms with Gasteiger partial charge in [0.05, 0.1) is 29.3 Å².